The van der Waals surface area contributed by atoms with E-state index in [1.807, 2.05) is 30.3 Å². The van der Waals surface area contributed by atoms with E-state index in [1.54, 1.807) is 43.6 Å². The summed E-state index contributed by atoms with van der Waals surface area (Å²) in [6, 6.07) is 14.0. The highest BCUT2D eigenvalue weighted by Gasteiger charge is 2.21. The zero-order valence-electron chi connectivity index (χ0n) is 17.9. The molecule has 0 bridgehead atoms. The van der Waals surface area contributed by atoms with Crippen molar-refractivity contribution in [1.82, 2.24) is 25.3 Å². The number of hydrogen-bond acceptors (Lipinski definition) is 7. The molecule has 1 aliphatic heterocycles. The Kier molecular flexibility index (Phi) is 5.50. The molecular weight excluding hydrogens is 418 g/mol. The Labute approximate surface area is 189 Å². The molecule has 164 valence electrons. The molecule has 5 rings (SSSR count). The second-order valence-electron chi connectivity index (χ2n) is 7.75. The molecule has 1 unspecified atom stereocenters. The molecule has 33 heavy (non-hydrogen) atoms. The van der Waals surface area contributed by atoms with E-state index in [4.69, 9.17) is 4.74 Å². The van der Waals surface area contributed by atoms with Gasteiger partial charge in [0.25, 0.3) is 0 Å². The lowest BCUT2D eigenvalue weighted by atomic mass is 9.99. The van der Waals surface area contributed by atoms with Crippen LogP contribution in [0.3, 0.4) is 0 Å². The van der Waals surface area contributed by atoms with Gasteiger partial charge in [0.05, 0.1) is 17.1 Å². The van der Waals surface area contributed by atoms with E-state index >= 15 is 0 Å². The number of carbonyl (C=O) groups excluding carboxylic acids is 2. The zero-order chi connectivity index (χ0) is 22.8. The van der Waals surface area contributed by atoms with Crippen molar-refractivity contribution in [3.8, 4) is 11.6 Å². The van der Waals surface area contributed by atoms with Gasteiger partial charge in [-0.3, -0.25) is 9.59 Å². The fraction of sp³-hybridized carbons (Fsp3) is 0.160. The second-order valence-corrected chi connectivity index (χ2v) is 7.75. The lowest BCUT2D eigenvalue weighted by Gasteiger charge is -2.21. The van der Waals surface area contributed by atoms with Gasteiger partial charge in [-0.05, 0) is 55.3 Å². The minimum absolute atomic E-state index is 0.0447. The predicted molar refractivity (Wildman–Crippen MR) is 123 cm³/mol. The van der Waals surface area contributed by atoms with Crippen molar-refractivity contribution in [2.24, 2.45) is 0 Å². The largest absolute Gasteiger partial charge is 0.437 e. The number of para-hydroxylation sites is 2. The number of fused-ring (bicyclic) bond motifs is 1. The Hall–Kier alpha value is -4.17. The highest BCUT2D eigenvalue weighted by molar-refractivity contribution is 6.08. The first-order chi connectivity index (χ1) is 16.1. The number of imidazole rings is 1. The number of nitrogens with zero attached hydrogens (tertiary/aromatic N) is 3. The van der Waals surface area contributed by atoms with Crippen molar-refractivity contribution >= 4 is 28.2 Å². The van der Waals surface area contributed by atoms with Crippen molar-refractivity contribution in [2.45, 2.75) is 19.4 Å². The Morgan fingerprint density at radius 1 is 1.03 bits per heavy atom. The van der Waals surface area contributed by atoms with Crippen LogP contribution in [-0.2, 0) is 4.79 Å². The highest BCUT2D eigenvalue weighted by atomic mass is 16.5. The summed E-state index contributed by atoms with van der Waals surface area (Å²) in [6.07, 6.45) is 5.74. The van der Waals surface area contributed by atoms with Crippen LogP contribution in [0.15, 0.2) is 67.0 Å². The average Bonchev–Trinajstić information content (AvgIpc) is 3.29. The number of carbonyl (C=O) groups is 2. The Bertz CT molecular complexity index is 1340. The molecular formula is C25H21N5O3. The molecule has 0 amide bonds. The van der Waals surface area contributed by atoms with E-state index in [1.165, 1.54) is 0 Å². The van der Waals surface area contributed by atoms with Gasteiger partial charge in [0.15, 0.2) is 11.6 Å². The van der Waals surface area contributed by atoms with Crippen LogP contribution in [0.25, 0.3) is 16.6 Å². The zero-order valence-corrected chi connectivity index (χ0v) is 17.9. The van der Waals surface area contributed by atoms with Crippen LogP contribution in [-0.4, -0.2) is 44.1 Å². The Morgan fingerprint density at radius 2 is 1.82 bits per heavy atom. The van der Waals surface area contributed by atoms with Gasteiger partial charge in [-0.2, -0.15) is 0 Å². The molecule has 8 nitrogen and oxygen atoms in total. The van der Waals surface area contributed by atoms with E-state index < -0.39 is 0 Å². The number of ketones is 2. The van der Waals surface area contributed by atoms with Crippen molar-refractivity contribution in [1.29, 1.82) is 0 Å². The number of benzene rings is 2. The summed E-state index contributed by atoms with van der Waals surface area (Å²) in [6.45, 7) is 2.23. The topological polar surface area (TPSA) is 110 Å². The highest BCUT2D eigenvalue weighted by Crippen LogP contribution is 2.30. The molecule has 0 radical (unpaired) electrons. The van der Waals surface area contributed by atoms with Crippen molar-refractivity contribution in [3.05, 3.63) is 84.1 Å². The van der Waals surface area contributed by atoms with Gasteiger partial charge in [0.2, 0.25) is 11.7 Å². The number of aromatic nitrogens is 4. The van der Waals surface area contributed by atoms with E-state index in [0.29, 0.717) is 41.7 Å². The number of ether oxygens (including phenoxy) is 1. The van der Waals surface area contributed by atoms with Gasteiger partial charge >= 0.3 is 0 Å². The lowest BCUT2D eigenvalue weighted by Crippen LogP contribution is -2.37. The van der Waals surface area contributed by atoms with Crippen molar-refractivity contribution < 1.29 is 14.3 Å². The molecule has 0 saturated carbocycles. The summed E-state index contributed by atoms with van der Waals surface area (Å²) in [5.74, 6) is 1.01. The summed E-state index contributed by atoms with van der Waals surface area (Å²) in [5.41, 5.74) is 3.57. The molecule has 0 saturated heterocycles. The lowest BCUT2D eigenvalue weighted by molar-refractivity contribution is -0.117. The molecule has 3 heterocycles. The first-order valence-electron chi connectivity index (χ1n) is 10.6. The van der Waals surface area contributed by atoms with Gasteiger partial charge in [0, 0.05) is 24.5 Å². The third kappa shape index (κ3) is 4.28. The van der Waals surface area contributed by atoms with E-state index in [-0.39, 0.29) is 17.6 Å². The van der Waals surface area contributed by atoms with Crippen LogP contribution >= 0.6 is 0 Å². The summed E-state index contributed by atoms with van der Waals surface area (Å²) in [7, 11) is 0. The van der Waals surface area contributed by atoms with E-state index in [2.05, 4.69) is 25.3 Å². The molecule has 1 atom stereocenters. The molecule has 0 fully saturated rings. The molecule has 1 aliphatic rings. The summed E-state index contributed by atoms with van der Waals surface area (Å²) in [5, 5.41) is 3.17. The first-order valence-corrected chi connectivity index (χ1v) is 10.6. The molecule has 0 spiro atoms. The number of nitrogens with one attached hydrogen (secondary N) is 2. The van der Waals surface area contributed by atoms with Gasteiger partial charge in [-0.25, -0.2) is 15.0 Å². The van der Waals surface area contributed by atoms with Crippen LogP contribution in [0, 0.1) is 0 Å². The minimum Gasteiger partial charge on any atom is -0.437 e. The molecule has 8 heteroatoms. The maximum absolute atomic E-state index is 12.8. The number of hydrogen-bond donors (Lipinski definition) is 2. The number of H-pyrrole nitrogens is 1. The summed E-state index contributed by atoms with van der Waals surface area (Å²) < 4.78 is 5.99. The second kappa shape index (κ2) is 8.76. The molecule has 0 aliphatic carbocycles. The van der Waals surface area contributed by atoms with E-state index in [0.717, 1.165) is 16.6 Å². The fourth-order valence-electron chi connectivity index (χ4n) is 3.77. The van der Waals surface area contributed by atoms with E-state index in [9.17, 15) is 9.59 Å². The van der Waals surface area contributed by atoms with Gasteiger partial charge in [0.1, 0.15) is 11.4 Å². The monoisotopic (exact) mass is 439 g/mol. The van der Waals surface area contributed by atoms with Gasteiger partial charge in [-0.1, -0.05) is 18.2 Å². The Morgan fingerprint density at radius 3 is 2.61 bits per heavy atom. The fourth-order valence-corrected chi connectivity index (χ4v) is 3.77. The molecule has 2 N–H and O–H groups in total. The molecule has 2 aromatic carbocycles. The van der Waals surface area contributed by atoms with Gasteiger partial charge < -0.3 is 15.0 Å². The van der Waals surface area contributed by atoms with Crippen molar-refractivity contribution in [2.75, 3.05) is 6.54 Å². The normalized spacial score (nSPS) is 15.8. The van der Waals surface area contributed by atoms with Gasteiger partial charge in [-0.15, -0.1) is 0 Å². The maximum atomic E-state index is 12.8. The summed E-state index contributed by atoms with van der Waals surface area (Å²) in [4.78, 5) is 40.8. The quantitative estimate of drug-likeness (QED) is 0.441. The molecule has 4 aromatic rings. The smallest absolute Gasteiger partial charge is 0.245 e. The van der Waals surface area contributed by atoms with Crippen LogP contribution in [0.1, 0.15) is 35.2 Å². The van der Waals surface area contributed by atoms with Crippen LogP contribution in [0.5, 0.6) is 11.6 Å². The van der Waals surface area contributed by atoms with Crippen molar-refractivity contribution in [3.63, 3.8) is 0 Å². The third-order valence-electron chi connectivity index (χ3n) is 5.47. The van der Waals surface area contributed by atoms with Crippen LogP contribution in [0.2, 0.25) is 0 Å². The third-order valence-corrected chi connectivity index (χ3v) is 5.47. The average molecular weight is 439 g/mol. The number of aromatic amines is 1. The standard InChI is InChI=1S/C25H21N5O3/c1-15(31)21-14-17(10-11-26-21)22-25(28-13-12-27-22)33-18-8-6-16(7-9-18)23(32)24-29-19-4-2-3-5-20(19)30-24/h2-9,12-14,21,26H,10-11H2,1H3,(H,29,30). The number of Topliss-reactive ketones (excluding diaryl/α,β-unsaturated/α-hetero) is 1. The summed E-state index contributed by atoms with van der Waals surface area (Å²) >= 11 is 0. The Balaban J connectivity index is 1.37. The maximum Gasteiger partial charge on any atom is 0.245 e. The number of rotatable bonds is 6. The predicted octanol–water partition coefficient (Wildman–Crippen LogP) is 3.71. The minimum atomic E-state index is -0.341. The first kappa shape index (κ1) is 20.7. The van der Waals surface area contributed by atoms with Crippen LogP contribution in [0.4, 0.5) is 0 Å². The SMILES string of the molecule is CC(=O)C1C=C(c2nccnc2Oc2ccc(C(=O)c3nc4ccccc4[nH]3)cc2)CCN1. The van der Waals surface area contributed by atoms with Crippen LogP contribution < -0.4 is 10.1 Å². The molecule has 2 aromatic heterocycles.